The van der Waals surface area contributed by atoms with E-state index in [2.05, 4.69) is 39.7 Å². The number of fused-ring (bicyclic) bond motifs is 1. The molecule has 0 bridgehead atoms. The highest BCUT2D eigenvalue weighted by molar-refractivity contribution is 5.71. The van der Waals surface area contributed by atoms with E-state index in [1.165, 1.54) is 31.6 Å². The molecule has 2 unspecified atom stereocenters. The molecule has 22 heavy (non-hydrogen) atoms. The lowest BCUT2D eigenvalue weighted by atomic mass is 10.1. The van der Waals surface area contributed by atoms with Gasteiger partial charge in [0, 0.05) is 24.7 Å². The van der Waals surface area contributed by atoms with Crippen molar-refractivity contribution in [1.29, 1.82) is 0 Å². The highest BCUT2D eigenvalue weighted by atomic mass is 15.3. The third-order valence-corrected chi connectivity index (χ3v) is 5.14. The Bertz CT molecular complexity index is 656. The fourth-order valence-electron chi connectivity index (χ4n) is 3.90. The molecule has 2 saturated heterocycles. The van der Waals surface area contributed by atoms with E-state index in [-0.39, 0.29) is 0 Å². The monoisotopic (exact) mass is 299 g/mol. The first kappa shape index (κ1) is 14.2. The van der Waals surface area contributed by atoms with Gasteiger partial charge in [0.15, 0.2) is 5.65 Å². The van der Waals surface area contributed by atoms with Gasteiger partial charge in [-0.25, -0.2) is 9.97 Å². The van der Waals surface area contributed by atoms with Gasteiger partial charge in [-0.05, 0) is 58.3 Å². The SMILES string of the molecule is CC(C)N1CCC(c2nc3cccnc3n2C2CCCN2)C1. The molecule has 0 aromatic carbocycles. The Kier molecular flexibility index (Phi) is 3.62. The van der Waals surface area contributed by atoms with Gasteiger partial charge < -0.3 is 4.90 Å². The van der Waals surface area contributed by atoms with Gasteiger partial charge in [-0.2, -0.15) is 0 Å². The van der Waals surface area contributed by atoms with Crippen molar-refractivity contribution in [3.63, 3.8) is 0 Å². The minimum Gasteiger partial charge on any atom is -0.300 e. The zero-order chi connectivity index (χ0) is 15.1. The van der Waals surface area contributed by atoms with Crippen LogP contribution in [-0.4, -0.2) is 45.1 Å². The smallest absolute Gasteiger partial charge is 0.161 e. The lowest BCUT2D eigenvalue weighted by molar-refractivity contribution is 0.270. The largest absolute Gasteiger partial charge is 0.300 e. The Labute approximate surface area is 131 Å². The second-order valence-electron chi connectivity index (χ2n) is 6.87. The number of pyridine rings is 1. The van der Waals surface area contributed by atoms with E-state index in [1.807, 2.05) is 12.3 Å². The Morgan fingerprint density at radius 1 is 1.32 bits per heavy atom. The van der Waals surface area contributed by atoms with E-state index < -0.39 is 0 Å². The highest BCUT2D eigenvalue weighted by Gasteiger charge is 2.32. The third-order valence-electron chi connectivity index (χ3n) is 5.14. The molecule has 5 nitrogen and oxygen atoms in total. The molecular weight excluding hydrogens is 274 g/mol. The van der Waals surface area contributed by atoms with Crippen LogP contribution >= 0.6 is 0 Å². The van der Waals surface area contributed by atoms with Crippen LogP contribution in [0.25, 0.3) is 11.2 Å². The molecule has 118 valence electrons. The van der Waals surface area contributed by atoms with Crippen LogP contribution in [0.2, 0.25) is 0 Å². The fraction of sp³-hybridized carbons (Fsp3) is 0.647. The number of likely N-dealkylation sites (tertiary alicyclic amines) is 1. The number of rotatable bonds is 3. The molecule has 2 aliphatic heterocycles. The second-order valence-corrected chi connectivity index (χ2v) is 6.87. The van der Waals surface area contributed by atoms with Crippen LogP contribution in [-0.2, 0) is 0 Å². The second kappa shape index (κ2) is 5.63. The Balaban J connectivity index is 1.75. The first-order valence-corrected chi connectivity index (χ1v) is 8.54. The summed E-state index contributed by atoms with van der Waals surface area (Å²) in [5, 5.41) is 3.62. The molecule has 5 heteroatoms. The molecule has 0 amide bonds. The minimum absolute atomic E-state index is 0.364. The van der Waals surface area contributed by atoms with Crippen molar-refractivity contribution in [1.82, 2.24) is 24.8 Å². The summed E-state index contributed by atoms with van der Waals surface area (Å²) >= 11 is 0. The Morgan fingerprint density at radius 2 is 2.23 bits per heavy atom. The maximum Gasteiger partial charge on any atom is 0.161 e. The number of hydrogen-bond acceptors (Lipinski definition) is 4. The van der Waals surface area contributed by atoms with Crippen molar-refractivity contribution in [2.24, 2.45) is 0 Å². The summed E-state index contributed by atoms with van der Waals surface area (Å²) in [6.45, 7) is 7.96. The van der Waals surface area contributed by atoms with E-state index in [0.717, 1.165) is 24.3 Å². The average Bonchev–Trinajstić information content (AvgIpc) is 3.24. The summed E-state index contributed by atoms with van der Waals surface area (Å²) in [7, 11) is 0. The van der Waals surface area contributed by atoms with Crippen molar-refractivity contribution in [2.45, 2.75) is 51.2 Å². The number of hydrogen-bond donors (Lipinski definition) is 1. The van der Waals surface area contributed by atoms with Gasteiger partial charge >= 0.3 is 0 Å². The van der Waals surface area contributed by atoms with Crippen molar-refractivity contribution in [3.8, 4) is 0 Å². The van der Waals surface area contributed by atoms with Gasteiger partial charge in [0.1, 0.15) is 11.3 Å². The van der Waals surface area contributed by atoms with Crippen molar-refractivity contribution < 1.29 is 0 Å². The van der Waals surface area contributed by atoms with Crippen LogP contribution < -0.4 is 5.32 Å². The molecule has 2 aliphatic rings. The molecule has 2 aromatic heterocycles. The predicted molar refractivity (Wildman–Crippen MR) is 87.9 cm³/mol. The van der Waals surface area contributed by atoms with E-state index in [4.69, 9.17) is 4.98 Å². The van der Waals surface area contributed by atoms with E-state index >= 15 is 0 Å². The van der Waals surface area contributed by atoms with Crippen LogP contribution in [0.3, 0.4) is 0 Å². The topological polar surface area (TPSA) is 46.0 Å². The first-order valence-electron chi connectivity index (χ1n) is 8.54. The van der Waals surface area contributed by atoms with E-state index in [0.29, 0.717) is 18.1 Å². The lowest BCUT2D eigenvalue weighted by Crippen LogP contribution is -2.29. The van der Waals surface area contributed by atoms with Gasteiger partial charge in [0.25, 0.3) is 0 Å². The van der Waals surface area contributed by atoms with Crippen molar-refractivity contribution >= 4 is 11.2 Å². The minimum atomic E-state index is 0.364. The molecule has 0 saturated carbocycles. The number of nitrogens with one attached hydrogen (secondary N) is 1. The summed E-state index contributed by atoms with van der Waals surface area (Å²) in [4.78, 5) is 12.1. The van der Waals surface area contributed by atoms with Gasteiger partial charge in [-0.3, -0.25) is 9.88 Å². The summed E-state index contributed by atoms with van der Waals surface area (Å²) in [5.41, 5.74) is 2.08. The maximum absolute atomic E-state index is 4.97. The van der Waals surface area contributed by atoms with Crippen LogP contribution in [0.15, 0.2) is 18.3 Å². The Morgan fingerprint density at radius 3 is 2.95 bits per heavy atom. The molecule has 0 aliphatic carbocycles. The molecule has 1 N–H and O–H groups in total. The Hall–Kier alpha value is -1.46. The standard InChI is InChI=1S/C17H25N5/c1-12(2)21-10-7-13(11-21)16-20-14-5-3-9-19-17(14)22(16)15-6-4-8-18-15/h3,5,9,12-13,15,18H,4,6-8,10-11H2,1-2H3. The van der Waals surface area contributed by atoms with Crippen molar-refractivity contribution in [3.05, 3.63) is 24.2 Å². The molecule has 4 heterocycles. The van der Waals surface area contributed by atoms with Gasteiger partial charge in [0.05, 0.1) is 6.17 Å². The molecular formula is C17H25N5. The van der Waals surface area contributed by atoms with Gasteiger partial charge in [0.2, 0.25) is 0 Å². The zero-order valence-corrected chi connectivity index (χ0v) is 13.5. The predicted octanol–water partition coefficient (Wildman–Crippen LogP) is 2.51. The number of nitrogens with zero attached hydrogens (tertiary/aromatic N) is 4. The first-order chi connectivity index (χ1) is 10.7. The van der Waals surface area contributed by atoms with Crippen LogP contribution in [0.4, 0.5) is 0 Å². The molecule has 0 radical (unpaired) electrons. The number of aromatic nitrogens is 3. The third kappa shape index (κ3) is 2.32. The van der Waals surface area contributed by atoms with Crippen LogP contribution in [0, 0.1) is 0 Å². The molecule has 4 rings (SSSR count). The fourth-order valence-corrected chi connectivity index (χ4v) is 3.90. The molecule has 0 spiro atoms. The normalized spacial score (nSPS) is 26.5. The summed E-state index contributed by atoms with van der Waals surface area (Å²) in [5.74, 6) is 1.76. The lowest BCUT2D eigenvalue weighted by Gasteiger charge is -2.22. The summed E-state index contributed by atoms with van der Waals surface area (Å²) < 4.78 is 2.39. The maximum atomic E-state index is 4.97. The van der Waals surface area contributed by atoms with E-state index in [9.17, 15) is 0 Å². The van der Waals surface area contributed by atoms with Crippen LogP contribution in [0.5, 0.6) is 0 Å². The zero-order valence-electron chi connectivity index (χ0n) is 13.5. The van der Waals surface area contributed by atoms with Crippen molar-refractivity contribution in [2.75, 3.05) is 19.6 Å². The summed E-state index contributed by atoms with van der Waals surface area (Å²) in [6.07, 6.45) is 5.86. The molecule has 2 fully saturated rings. The summed E-state index contributed by atoms with van der Waals surface area (Å²) in [6, 6.07) is 4.69. The highest BCUT2D eigenvalue weighted by Crippen LogP contribution is 2.33. The quantitative estimate of drug-likeness (QED) is 0.946. The molecule has 2 aromatic rings. The van der Waals surface area contributed by atoms with E-state index in [1.54, 1.807) is 0 Å². The molecule has 2 atom stereocenters. The van der Waals surface area contributed by atoms with Gasteiger partial charge in [-0.15, -0.1) is 0 Å². The average molecular weight is 299 g/mol. The number of imidazole rings is 1. The van der Waals surface area contributed by atoms with Gasteiger partial charge in [-0.1, -0.05) is 0 Å². The van der Waals surface area contributed by atoms with Crippen LogP contribution in [0.1, 0.15) is 51.0 Å².